The van der Waals surface area contributed by atoms with Gasteiger partial charge in [0.25, 0.3) is 0 Å². The van der Waals surface area contributed by atoms with E-state index in [1.807, 2.05) is 24.4 Å². The number of ether oxygens (including phenoxy) is 1. The van der Waals surface area contributed by atoms with Gasteiger partial charge < -0.3 is 9.72 Å². The number of benzene rings is 1. The quantitative estimate of drug-likeness (QED) is 0.446. The molecular weight excluding hydrogens is 410 g/mol. The van der Waals surface area contributed by atoms with Crippen molar-refractivity contribution < 1.29 is 4.74 Å². The van der Waals surface area contributed by atoms with E-state index in [0.29, 0.717) is 0 Å². The number of nitrogens with one attached hydrogen (secondary N) is 1. The maximum Gasteiger partial charge on any atom is 0.137 e. The van der Waals surface area contributed by atoms with Crippen molar-refractivity contribution in [1.29, 1.82) is 0 Å². The fourth-order valence-corrected chi connectivity index (χ4v) is 4.44. The summed E-state index contributed by atoms with van der Waals surface area (Å²) in [4.78, 5) is 10.2. The van der Waals surface area contributed by atoms with Crippen LogP contribution in [-0.4, -0.2) is 44.8 Å². The highest BCUT2D eigenvalue weighted by Gasteiger charge is 2.22. The molecule has 4 aromatic rings. The Bertz CT molecular complexity index is 1310. The smallest absolute Gasteiger partial charge is 0.137 e. The third kappa shape index (κ3) is 4.31. The molecule has 6 nitrogen and oxygen atoms in total. The van der Waals surface area contributed by atoms with Gasteiger partial charge in [-0.15, -0.1) is 0 Å². The predicted molar refractivity (Wildman–Crippen MR) is 133 cm³/mol. The molecule has 0 aliphatic carbocycles. The fraction of sp³-hybridized carbons (Fsp3) is 0.333. The number of rotatable bonds is 5. The lowest BCUT2D eigenvalue weighted by Gasteiger charge is -2.26. The van der Waals surface area contributed by atoms with Crippen molar-refractivity contribution in [2.24, 2.45) is 0 Å². The largest absolute Gasteiger partial charge is 0.497 e. The Labute approximate surface area is 194 Å². The molecule has 0 fully saturated rings. The van der Waals surface area contributed by atoms with Crippen LogP contribution < -0.4 is 4.74 Å². The van der Waals surface area contributed by atoms with Crippen LogP contribution in [0.15, 0.2) is 61.1 Å². The molecule has 0 unspecified atom stereocenters. The molecule has 1 aliphatic heterocycles. The van der Waals surface area contributed by atoms with Crippen molar-refractivity contribution in [3.8, 4) is 17.0 Å². The molecule has 0 saturated heterocycles. The second kappa shape index (κ2) is 8.52. The van der Waals surface area contributed by atoms with Crippen LogP contribution in [0.1, 0.15) is 38.3 Å². The van der Waals surface area contributed by atoms with Gasteiger partial charge in [0.05, 0.1) is 18.3 Å². The Morgan fingerprint density at radius 3 is 2.79 bits per heavy atom. The summed E-state index contributed by atoms with van der Waals surface area (Å²) in [5, 5.41) is 6.19. The maximum absolute atomic E-state index is 5.46. The van der Waals surface area contributed by atoms with Gasteiger partial charge >= 0.3 is 0 Å². The molecule has 33 heavy (non-hydrogen) atoms. The predicted octanol–water partition coefficient (Wildman–Crippen LogP) is 5.48. The Kier molecular flexibility index (Phi) is 5.54. The average Bonchev–Trinajstić information content (AvgIpc) is 3.44. The van der Waals surface area contributed by atoms with E-state index < -0.39 is 0 Å². The summed E-state index contributed by atoms with van der Waals surface area (Å²) in [6.07, 6.45) is 9.51. The van der Waals surface area contributed by atoms with Crippen molar-refractivity contribution in [1.82, 2.24) is 24.6 Å². The van der Waals surface area contributed by atoms with Crippen LogP contribution in [0.3, 0.4) is 0 Å². The Morgan fingerprint density at radius 1 is 1.15 bits per heavy atom. The Hall–Kier alpha value is -3.38. The monoisotopic (exact) mass is 441 g/mol. The zero-order valence-corrected chi connectivity index (χ0v) is 19.8. The van der Waals surface area contributed by atoms with Crippen LogP contribution in [0.25, 0.3) is 27.9 Å². The minimum Gasteiger partial charge on any atom is -0.497 e. The van der Waals surface area contributed by atoms with Crippen molar-refractivity contribution in [3.63, 3.8) is 0 Å². The molecular formula is C27H31N5O. The first kappa shape index (κ1) is 21.5. The van der Waals surface area contributed by atoms with Crippen molar-refractivity contribution in [2.75, 3.05) is 20.2 Å². The Balaban J connectivity index is 1.41. The van der Waals surface area contributed by atoms with Gasteiger partial charge in [-0.2, -0.15) is 5.10 Å². The van der Waals surface area contributed by atoms with Crippen molar-refractivity contribution in [3.05, 3.63) is 72.2 Å². The summed E-state index contributed by atoms with van der Waals surface area (Å²) < 4.78 is 7.54. The SMILES string of the molecule is COc1cccc(-c2nn(C(C)(C)C)cc2CN2CC=C(c3c[nH]c4ncccc34)CC2)c1. The zero-order valence-electron chi connectivity index (χ0n) is 19.8. The molecule has 0 amide bonds. The second-order valence-corrected chi connectivity index (χ2v) is 9.67. The number of H-pyrrole nitrogens is 1. The lowest BCUT2D eigenvalue weighted by atomic mass is 9.99. The first-order valence-corrected chi connectivity index (χ1v) is 11.5. The van der Waals surface area contributed by atoms with Gasteiger partial charge in [-0.1, -0.05) is 18.2 Å². The summed E-state index contributed by atoms with van der Waals surface area (Å²) in [6, 6.07) is 12.3. The van der Waals surface area contributed by atoms with E-state index in [0.717, 1.165) is 48.7 Å². The van der Waals surface area contributed by atoms with Crippen LogP contribution in [0.2, 0.25) is 0 Å². The molecule has 0 spiro atoms. The third-order valence-corrected chi connectivity index (χ3v) is 6.30. The van der Waals surface area contributed by atoms with Crippen LogP contribution in [0.4, 0.5) is 0 Å². The standard InChI is InChI=1S/C27H31N5O/c1-27(2,3)32-18-21(25(30-32)20-7-5-8-22(15-20)33-4)17-31-13-10-19(11-14-31)24-16-29-26-23(24)9-6-12-28-26/h5-10,12,15-16,18H,11,13-14,17H2,1-4H3,(H,28,29). The summed E-state index contributed by atoms with van der Waals surface area (Å²) in [5.74, 6) is 0.850. The van der Waals surface area contributed by atoms with Gasteiger partial charge in [0, 0.05) is 60.3 Å². The number of fused-ring (bicyclic) bond motifs is 1. The summed E-state index contributed by atoms with van der Waals surface area (Å²) in [6.45, 7) is 9.35. The number of pyridine rings is 1. The molecule has 0 atom stereocenters. The number of hydrogen-bond acceptors (Lipinski definition) is 4. The first-order chi connectivity index (χ1) is 15.9. The number of hydrogen-bond donors (Lipinski definition) is 1. The summed E-state index contributed by atoms with van der Waals surface area (Å²) in [5.41, 5.74) is 6.90. The molecule has 1 aliphatic rings. The number of aromatic nitrogens is 4. The third-order valence-electron chi connectivity index (χ3n) is 6.30. The average molecular weight is 442 g/mol. The van der Waals surface area contributed by atoms with E-state index in [1.165, 1.54) is 22.1 Å². The van der Waals surface area contributed by atoms with E-state index in [4.69, 9.17) is 9.84 Å². The summed E-state index contributed by atoms with van der Waals surface area (Å²) in [7, 11) is 1.70. The van der Waals surface area contributed by atoms with Crippen molar-refractivity contribution >= 4 is 16.6 Å². The van der Waals surface area contributed by atoms with Gasteiger partial charge in [-0.3, -0.25) is 9.58 Å². The Morgan fingerprint density at radius 2 is 2.03 bits per heavy atom. The molecule has 170 valence electrons. The van der Waals surface area contributed by atoms with E-state index >= 15 is 0 Å². The zero-order chi connectivity index (χ0) is 23.0. The van der Waals surface area contributed by atoms with Gasteiger partial charge in [0.15, 0.2) is 0 Å². The molecule has 0 radical (unpaired) electrons. The van der Waals surface area contributed by atoms with E-state index in [-0.39, 0.29) is 5.54 Å². The minimum atomic E-state index is -0.0792. The number of aromatic amines is 1. The first-order valence-electron chi connectivity index (χ1n) is 11.5. The molecule has 6 heteroatoms. The number of nitrogens with zero attached hydrogens (tertiary/aromatic N) is 4. The lowest BCUT2D eigenvalue weighted by molar-refractivity contribution is 0.293. The maximum atomic E-state index is 5.46. The van der Waals surface area contributed by atoms with E-state index in [2.05, 4.69) is 77.0 Å². The highest BCUT2D eigenvalue weighted by molar-refractivity contribution is 5.90. The minimum absolute atomic E-state index is 0.0792. The molecule has 1 N–H and O–H groups in total. The fourth-order valence-electron chi connectivity index (χ4n) is 4.44. The van der Waals surface area contributed by atoms with E-state index in [9.17, 15) is 0 Å². The molecule has 3 aromatic heterocycles. The van der Waals surface area contributed by atoms with Gasteiger partial charge in [-0.05, 0) is 57.0 Å². The van der Waals surface area contributed by atoms with Gasteiger partial charge in [0.1, 0.15) is 11.4 Å². The van der Waals surface area contributed by atoms with E-state index in [1.54, 1.807) is 7.11 Å². The summed E-state index contributed by atoms with van der Waals surface area (Å²) >= 11 is 0. The highest BCUT2D eigenvalue weighted by atomic mass is 16.5. The van der Waals surface area contributed by atoms with Crippen molar-refractivity contribution in [2.45, 2.75) is 39.3 Å². The molecule has 1 aromatic carbocycles. The topological polar surface area (TPSA) is 59.0 Å². The van der Waals surface area contributed by atoms with Crippen LogP contribution in [-0.2, 0) is 12.1 Å². The lowest BCUT2D eigenvalue weighted by Crippen LogP contribution is -2.28. The molecule has 5 rings (SSSR count). The molecule has 0 saturated carbocycles. The molecule has 0 bridgehead atoms. The van der Waals surface area contributed by atoms with Gasteiger partial charge in [0.2, 0.25) is 0 Å². The molecule has 4 heterocycles. The van der Waals surface area contributed by atoms with Crippen LogP contribution >= 0.6 is 0 Å². The van der Waals surface area contributed by atoms with Gasteiger partial charge in [-0.25, -0.2) is 4.98 Å². The second-order valence-electron chi connectivity index (χ2n) is 9.67. The van der Waals surface area contributed by atoms with Crippen LogP contribution in [0, 0.1) is 0 Å². The van der Waals surface area contributed by atoms with Crippen LogP contribution in [0.5, 0.6) is 5.75 Å². The normalized spacial score (nSPS) is 15.1. The number of methoxy groups -OCH3 is 1. The highest BCUT2D eigenvalue weighted by Crippen LogP contribution is 2.31.